The Kier molecular flexibility index (Phi) is 4.99. The molecule has 3 rings (SSSR count). The Balaban J connectivity index is 1.96. The van der Waals surface area contributed by atoms with Crippen LogP contribution in [0.1, 0.15) is 37.0 Å². The van der Waals surface area contributed by atoms with E-state index in [9.17, 15) is 0 Å². The molecule has 6 heteroatoms. The Morgan fingerprint density at radius 2 is 2.13 bits per heavy atom. The molecule has 0 saturated carbocycles. The maximum atomic E-state index is 6.20. The summed E-state index contributed by atoms with van der Waals surface area (Å²) in [5, 5.41) is 8.08. The van der Waals surface area contributed by atoms with E-state index in [-0.39, 0.29) is 5.41 Å². The number of likely N-dealkylation sites (N-methyl/N-ethyl adjacent to an activating group) is 1. The molecule has 1 aliphatic heterocycles. The van der Waals surface area contributed by atoms with Gasteiger partial charge in [0.05, 0.1) is 5.41 Å². The highest BCUT2D eigenvalue weighted by molar-refractivity contribution is 6.30. The maximum Gasteiger partial charge on any atom is 0.237 e. The van der Waals surface area contributed by atoms with Gasteiger partial charge in [-0.3, -0.25) is 0 Å². The Labute approximate surface area is 141 Å². The molecule has 0 radical (unpaired) electrons. The molecule has 1 fully saturated rings. The van der Waals surface area contributed by atoms with Crippen LogP contribution in [0.15, 0.2) is 28.8 Å². The summed E-state index contributed by atoms with van der Waals surface area (Å²) in [6, 6.07) is 8.23. The van der Waals surface area contributed by atoms with E-state index >= 15 is 0 Å². The van der Waals surface area contributed by atoms with Crippen molar-refractivity contribution in [3.8, 4) is 0 Å². The highest BCUT2D eigenvalue weighted by Crippen LogP contribution is 2.41. The van der Waals surface area contributed by atoms with Crippen LogP contribution in [0.25, 0.3) is 0 Å². The van der Waals surface area contributed by atoms with Gasteiger partial charge >= 0.3 is 0 Å². The molecule has 0 spiro atoms. The Morgan fingerprint density at radius 3 is 2.83 bits per heavy atom. The number of hydrogen-bond donors (Lipinski definition) is 1. The van der Waals surface area contributed by atoms with Crippen LogP contribution < -0.4 is 5.32 Å². The first kappa shape index (κ1) is 16.4. The summed E-state index contributed by atoms with van der Waals surface area (Å²) >= 11 is 6.20. The van der Waals surface area contributed by atoms with Gasteiger partial charge < -0.3 is 14.6 Å². The minimum atomic E-state index is -0.308. The van der Waals surface area contributed by atoms with Gasteiger partial charge in [-0.15, -0.1) is 0 Å². The van der Waals surface area contributed by atoms with Crippen molar-refractivity contribution in [2.24, 2.45) is 0 Å². The molecule has 2 aromatic rings. The van der Waals surface area contributed by atoms with E-state index in [0.29, 0.717) is 25.1 Å². The van der Waals surface area contributed by atoms with Crippen LogP contribution in [0, 0.1) is 0 Å². The normalized spacial score (nSPS) is 18.7. The van der Waals surface area contributed by atoms with Crippen LogP contribution in [0.4, 0.5) is 0 Å². The first-order valence-corrected chi connectivity index (χ1v) is 8.36. The zero-order valence-electron chi connectivity index (χ0n) is 13.5. The van der Waals surface area contributed by atoms with Crippen LogP contribution in [0.2, 0.25) is 5.02 Å². The summed E-state index contributed by atoms with van der Waals surface area (Å²) < 4.78 is 11.2. The van der Waals surface area contributed by atoms with Crippen molar-refractivity contribution in [2.75, 3.05) is 20.3 Å². The fourth-order valence-corrected chi connectivity index (χ4v) is 3.23. The summed E-state index contributed by atoms with van der Waals surface area (Å²) in [5.41, 5.74) is 0.808. The first-order chi connectivity index (χ1) is 11.1. The zero-order valence-corrected chi connectivity index (χ0v) is 14.3. The average Bonchev–Trinajstić information content (AvgIpc) is 3.04. The van der Waals surface area contributed by atoms with E-state index in [1.807, 2.05) is 25.2 Å². The number of nitrogens with one attached hydrogen (secondary N) is 1. The molecule has 1 unspecified atom stereocenters. The number of hydrogen-bond acceptors (Lipinski definition) is 5. The Morgan fingerprint density at radius 1 is 1.35 bits per heavy atom. The third-order valence-corrected chi connectivity index (χ3v) is 4.82. The fraction of sp³-hybridized carbons (Fsp3) is 0.529. The van der Waals surface area contributed by atoms with Gasteiger partial charge in [-0.05, 0) is 44.5 Å². The topological polar surface area (TPSA) is 60.2 Å². The molecule has 1 saturated heterocycles. The quantitative estimate of drug-likeness (QED) is 0.910. The van der Waals surface area contributed by atoms with E-state index in [0.717, 1.165) is 35.7 Å². The van der Waals surface area contributed by atoms with Crippen molar-refractivity contribution < 1.29 is 9.26 Å². The monoisotopic (exact) mass is 335 g/mol. The van der Waals surface area contributed by atoms with Gasteiger partial charge in [-0.25, -0.2) is 0 Å². The molecule has 23 heavy (non-hydrogen) atoms. The summed E-state index contributed by atoms with van der Waals surface area (Å²) in [6.07, 6.45) is 2.37. The predicted octanol–water partition coefficient (Wildman–Crippen LogP) is 2.97. The summed E-state index contributed by atoms with van der Waals surface area (Å²) in [6.45, 7) is 3.45. The van der Waals surface area contributed by atoms with E-state index in [1.54, 1.807) is 0 Å². The Hall–Kier alpha value is -1.43. The number of halogens is 1. The van der Waals surface area contributed by atoms with Crippen LogP contribution in [-0.4, -0.2) is 36.4 Å². The van der Waals surface area contributed by atoms with Gasteiger partial charge in [-0.1, -0.05) is 28.9 Å². The standard InChI is InChI=1S/C17H22ClN3O2/c1-12(19-2)10-15-20-16(23-21-15)17(6-8-22-9-7-17)13-4-3-5-14(18)11-13/h3-5,11-12,19H,6-10H2,1-2H3. The van der Waals surface area contributed by atoms with Gasteiger partial charge in [0.15, 0.2) is 5.82 Å². The van der Waals surface area contributed by atoms with Crippen molar-refractivity contribution in [1.82, 2.24) is 15.5 Å². The van der Waals surface area contributed by atoms with Crippen LogP contribution >= 0.6 is 11.6 Å². The molecule has 1 N–H and O–H groups in total. The summed E-state index contributed by atoms with van der Waals surface area (Å²) in [5.74, 6) is 1.40. The van der Waals surface area contributed by atoms with Gasteiger partial charge in [0.2, 0.25) is 5.89 Å². The van der Waals surface area contributed by atoms with E-state index in [4.69, 9.17) is 20.9 Å². The van der Waals surface area contributed by atoms with Gasteiger partial charge in [0, 0.05) is 30.7 Å². The highest BCUT2D eigenvalue weighted by Gasteiger charge is 2.41. The van der Waals surface area contributed by atoms with Crippen molar-refractivity contribution >= 4 is 11.6 Å². The largest absolute Gasteiger partial charge is 0.381 e. The fourth-order valence-electron chi connectivity index (χ4n) is 3.04. The average molecular weight is 336 g/mol. The highest BCUT2D eigenvalue weighted by atomic mass is 35.5. The lowest BCUT2D eigenvalue weighted by Gasteiger charge is -2.34. The first-order valence-electron chi connectivity index (χ1n) is 7.98. The third-order valence-electron chi connectivity index (χ3n) is 4.58. The van der Waals surface area contributed by atoms with Crippen molar-refractivity contribution in [2.45, 2.75) is 37.6 Å². The molecule has 124 valence electrons. The third kappa shape index (κ3) is 3.42. The van der Waals surface area contributed by atoms with Crippen molar-refractivity contribution in [3.05, 3.63) is 46.6 Å². The zero-order chi connectivity index (χ0) is 16.3. The SMILES string of the molecule is CNC(C)Cc1noc(C2(c3cccc(Cl)c3)CCOCC2)n1. The van der Waals surface area contributed by atoms with Gasteiger partial charge in [-0.2, -0.15) is 4.98 Å². The van der Waals surface area contributed by atoms with Crippen molar-refractivity contribution in [3.63, 3.8) is 0 Å². The number of benzene rings is 1. The second-order valence-electron chi connectivity index (χ2n) is 6.11. The van der Waals surface area contributed by atoms with Crippen molar-refractivity contribution in [1.29, 1.82) is 0 Å². The molecule has 1 aliphatic rings. The van der Waals surface area contributed by atoms with E-state index in [2.05, 4.69) is 28.4 Å². The second kappa shape index (κ2) is 6.99. The molecule has 5 nitrogen and oxygen atoms in total. The number of rotatable bonds is 5. The molecule has 0 bridgehead atoms. The van der Waals surface area contributed by atoms with E-state index < -0.39 is 0 Å². The lowest BCUT2D eigenvalue weighted by atomic mass is 9.74. The smallest absolute Gasteiger partial charge is 0.237 e. The lowest BCUT2D eigenvalue weighted by Crippen LogP contribution is -2.35. The molecule has 0 amide bonds. The van der Waals surface area contributed by atoms with Gasteiger partial charge in [0.25, 0.3) is 0 Å². The molecule has 2 heterocycles. The van der Waals surface area contributed by atoms with Crippen LogP contribution in [0.5, 0.6) is 0 Å². The number of aromatic nitrogens is 2. The molecule has 1 atom stereocenters. The minimum Gasteiger partial charge on any atom is -0.381 e. The maximum absolute atomic E-state index is 6.20. The van der Waals surface area contributed by atoms with Gasteiger partial charge in [0.1, 0.15) is 0 Å². The summed E-state index contributed by atoms with van der Waals surface area (Å²) in [4.78, 5) is 4.68. The number of ether oxygens (including phenoxy) is 1. The molecule has 0 aliphatic carbocycles. The van der Waals surface area contributed by atoms with Crippen LogP contribution in [0.3, 0.4) is 0 Å². The lowest BCUT2D eigenvalue weighted by molar-refractivity contribution is 0.0523. The van der Waals surface area contributed by atoms with Crippen LogP contribution in [-0.2, 0) is 16.6 Å². The minimum absolute atomic E-state index is 0.303. The molecular weight excluding hydrogens is 314 g/mol. The number of nitrogens with zero attached hydrogens (tertiary/aromatic N) is 2. The molecular formula is C17H22ClN3O2. The molecule has 1 aromatic carbocycles. The predicted molar refractivity (Wildman–Crippen MR) is 88.8 cm³/mol. The Bertz CT molecular complexity index is 653. The molecule has 1 aromatic heterocycles. The summed E-state index contributed by atoms with van der Waals surface area (Å²) in [7, 11) is 1.93. The second-order valence-corrected chi connectivity index (χ2v) is 6.55. The van der Waals surface area contributed by atoms with E-state index in [1.165, 1.54) is 0 Å².